The molecule has 7 heteroatoms. The third kappa shape index (κ3) is 2.41. The molecule has 120 valence electrons. The van der Waals surface area contributed by atoms with Gasteiger partial charge < -0.3 is 10.1 Å². The van der Waals surface area contributed by atoms with E-state index in [1.165, 1.54) is 13.0 Å². The Kier molecular flexibility index (Phi) is 3.61. The zero-order chi connectivity index (χ0) is 17.4. The Morgan fingerprint density at radius 3 is 2.67 bits per heavy atom. The molecule has 2 aromatic carbocycles. The van der Waals surface area contributed by atoms with Crippen molar-refractivity contribution in [3.05, 3.63) is 48.0 Å². The highest BCUT2D eigenvalue weighted by molar-refractivity contribution is 6.29. The molecule has 1 heterocycles. The molecule has 0 aliphatic carbocycles. The number of benzene rings is 2. The van der Waals surface area contributed by atoms with Crippen LogP contribution in [0.25, 0.3) is 10.8 Å². The molecule has 1 aliphatic heterocycles. The zero-order valence-corrected chi connectivity index (χ0v) is 12.6. The molecular weight excluding hydrogens is 312 g/mol. The van der Waals surface area contributed by atoms with Crippen molar-refractivity contribution in [3.63, 3.8) is 0 Å². The van der Waals surface area contributed by atoms with Gasteiger partial charge in [-0.3, -0.25) is 19.7 Å². The topological polar surface area (TPSA) is 102 Å². The Morgan fingerprint density at radius 1 is 1.25 bits per heavy atom. The Hall–Kier alpha value is -3.48. The molecule has 2 aromatic rings. The summed E-state index contributed by atoms with van der Waals surface area (Å²) in [5.41, 5.74) is 0.405. The molecule has 7 nitrogen and oxygen atoms in total. The average molecular weight is 324 g/mol. The van der Waals surface area contributed by atoms with Gasteiger partial charge in [0.25, 0.3) is 11.8 Å². The first kappa shape index (κ1) is 15.4. The van der Waals surface area contributed by atoms with Gasteiger partial charge in [-0.05, 0) is 17.5 Å². The lowest BCUT2D eigenvalue weighted by Gasteiger charge is -2.21. The largest absolute Gasteiger partial charge is 0.421 e. The number of ether oxygens (including phenoxy) is 1. The molecule has 3 amide bonds. The molecule has 0 bridgehead atoms. The van der Waals surface area contributed by atoms with E-state index in [0.29, 0.717) is 16.3 Å². The van der Waals surface area contributed by atoms with Crippen molar-refractivity contribution < 1.29 is 23.9 Å². The van der Waals surface area contributed by atoms with Gasteiger partial charge in [-0.15, -0.1) is 0 Å². The van der Waals surface area contributed by atoms with E-state index in [2.05, 4.69) is 17.2 Å². The van der Waals surface area contributed by atoms with E-state index in [9.17, 15) is 19.2 Å². The standard InChI is InChI=1S/C17H12N2O5/c1-3-12(21)24-11-7-9-5-4-6-10-13(9)14(15(11)18-8(2)20)17(23)19-16(10)22/h3-7H,1H2,2H3,(H,18,20)(H,19,22,23). The number of rotatable bonds is 3. The molecule has 0 unspecified atom stereocenters. The Balaban J connectivity index is 2.39. The molecule has 0 saturated carbocycles. The Bertz CT molecular complexity index is 946. The molecule has 1 aliphatic rings. The maximum atomic E-state index is 12.3. The minimum atomic E-state index is -0.739. The van der Waals surface area contributed by atoms with Gasteiger partial charge in [0.1, 0.15) is 0 Å². The van der Waals surface area contributed by atoms with Crippen LogP contribution in [0.4, 0.5) is 5.69 Å². The fraction of sp³-hybridized carbons (Fsp3) is 0.0588. The fourth-order valence-electron chi connectivity index (χ4n) is 2.61. The van der Waals surface area contributed by atoms with Gasteiger partial charge in [0.2, 0.25) is 5.91 Å². The highest BCUT2D eigenvalue weighted by Crippen LogP contribution is 2.39. The Morgan fingerprint density at radius 2 is 2.00 bits per heavy atom. The van der Waals surface area contributed by atoms with Crippen LogP contribution in [-0.2, 0) is 9.59 Å². The number of esters is 1. The van der Waals surface area contributed by atoms with Crippen LogP contribution in [0.5, 0.6) is 5.75 Å². The summed E-state index contributed by atoms with van der Waals surface area (Å²) in [6.07, 6.45) is 0.966. The van der Waals surface area contributed by atoms with Gasteiger partial charge >= 0.3 is 5.97 Å². The van der Waals surface area contributed by atoms with Gasteiger partial charge in [0.05, 0.1) is 11.3 Å². The molecule has 0 aromatic heterocycles. The number of hydrogen-bond donors (Lipinski definition) is 2. The Labute approximate surface area is 136 Å². The van der Waals surface area contributed by atoms with Crippen molar-refractivity contribution in [3.8, 4) is 5.75 Å². The van der Waals surface area contributed by atoms with E-state index in [-0.39, 0.29) is 17.0 Å². The maximum Gasteiger partial charge on any atom is 0.335 e. The first-order valence-electron chi connectivity index (χ1n) is 6.99. The number of amides is 3. The van der Waals surface area contributed by atoms with Crippen LogP contribution in [0, 0.1) is 0 Å². The summed E-state index contributed by atoms with van der Waals surface area (Å²) in [6, 6.07) is 6.38. The van der Waals surface area contributed by atoms with E-state index < -0.39 is 23.7 Å². The zero-order valence-electron chi connectivity index (χ0n) is 12.6. The average Bonchev–Trinajstić information content (AvgIpc) is 2.53. The highest BCUT2D eigenvalue weighted by Gasteiger charge is 2.30. The van der Waals surface area contributed by atoms with Crippen molar-refractivity contribution >= 4 is 40.2 Å². The number of carbonyl (C=O) groups is 4. The molecule has 0 atom stereocenters. The lowest BCUT2D eigenvalue weighted by molar-refractivity contribution is -0.129. The summed E-state index contributed by atoms with van der Waals surface area (Å²) in [5, 5.41) is 5.64. The number of hydrogen-bond acceptors (Lipinski definition) is 5. The van der Waals surface area contributed by atoms with Crippen molar-refractivity contribution in [2.75, 3.05) is 5.32 Å². The second-order valence-corrected chi connectivity index (χ2v) is 5.12. The molecule has 24 heavy (non-hydrogen) atoms. The molecule has 0 spiro atoms. The van der Waals surface area contributed by atoms with Crippen LogP contribution in [0.1, 0.15) is 27.6 Å². The number of anilines is 1. The van der Waals surface area contributed by atoms with Crippen molar-refractivity contribution in [1.29, 1.82) is 0 Å². The summed E-state index contributed by atoms with van der Waals surface area (Å²) in [4.78, 5) is 47.4. The number of imide groups is 1. The lowest BCUT2D eigenvalue weighted by atomic mass is 9.93. The van der Waals surface area contributed by atoms with E-state index in [1.807, 2.05) is 0 Å². The predicted octanol–water partition coefficient (Wildman–Crippen LogP) is 1.77. The monoisotopic (exact) mass is 324 g/mol. The van der Waals surface area contributed by atoms with Gasteiger partial charge in [-0.1, -0.05) is 18.7 Å². The third-order valence-corrected chi connectivity index (χ3v) is 3.51. The van der Waals surface area contributed by atoms with Crippen LogP contribution in [0.15, 0.2) is 36.9 Å². The van der Waals surface area contributed by atoms with Gasteiger partial charge in [0.15, 0.2) is 5.75 Å². The van der Waals surface area contributed by atoms with Crippen LogP contribution in [0.2, 0.25) is 0 Å². The van der Waals surface area contributed by atoms with E-state index in [1.54, 1.807) is 18.2 Å². The van der Waals surface area contributed by atoms with E-state index in [0.717, 1.165) is 6.08 Å². The molecular formula is C17H12N2O5. The van der Waals surface area contributed by atoms with E-state index in [4.69, 9.17) is 4.74 Å². The maximum absolute atomic E-state index is 12.3. The molecule has 0 saturated heterocycles. The normalized spacial score (nSPS) is 12.5. The van der Waals surface area contributed by atoms with Crippen LogP contribution in [0.3, 0.4) is 0 Å². The van der Waals surface area contributed by atoms with Crippen molar-refractivity contribution in [1.82, 2.24) is 5.32 Å². The predicted molar refractivity (Wildman–Crippen MR) is 85.9 cm³/mol. The molecule has 0 fully saturated rings. The van der Waals surface area contributed by atoms with Crippen LogP contribution < -0.4 is 15.4 Å². The molecule has 3 rings (SSSR count). The first-order valence-corrected chi connectivity index (χ1v) is 6.99. The summed E-state index contributed by atoms with van der Waals surface area (Å²) in [6.45, 7) is 4.57. The number of carbonyl (C=O) groups excluding carboxylic acids is 4. The summed E-state index contributed by atoms with van der Waals surface area (Å²) >= 11 is 0. The lowest BCUT2D eigenvalue weighted by Crippen LogP contribution is -2.35. The second kappa shape index (κ2) is 5.62. The van der Waals surface area contributed by atoms with Crippen molar-refractivity contribution in [2.45, 2.75) is 6.92 Å². The summed E-state index contributed by atoms with van der Waals surface area (Å²) < 4.78 is 5.15. The summed E-state index contributed by atoms with van der Waals surface area (Å²) in [5.74, 6) is -2.40. The summed E-state index contributed by atoms with van der Waals surface area (Å²) in [7, 11) is 0. The van der Waals surface area contributed by atoms with Gasteiger partial charge in [-0.2, -0.15) is 0 Å². The van der Waals surface area contributed by atoms with E-state index >= 15 is 0 Å². The fourth-order valence-corrected chi connectivity index (χ4v) is 2.61. The number of nitrogens with one attached hydrogen (secondary N) is 2. The van der Waals surface area contributed by atoms with Crippen LogP contribution >= 0.6 is 0 Å². The van der Waals surface area contributed by atoms with Crippen molar-refractivity contribution in [2.24, 2.45) is 0 Å². The van der Waals surface area contributed by atoms with Gasteiger partial charge in [0, 0.05) is 23.9 Å². The second-order valence-electron chi connectivity index (χ2n) is 5.12. The molecule has 2 N–H and O–H groups in total. The smallest absolute Gasteiger partial charge is 0.335 e. The van der Waals surface area contributed by atoms with Gasteiger partial charge in [-0.25, -0.2) is 4.79 Å². The highest BCUT2D eigenvalue weighted by atomic mass is 16.5. The quantitative estimate of drug-likeness (QED) is 0.388. The first-order chi connectivity index (χ1) is 11.4. The minimum absolute atomic E-state index is 0.000695. The van der Waals surface area contributed by atoms with Crippen LogP contribution in [-0.4, -0.2) is 23.7 Å². The SMILES string of the molecule is C=CC(=O)Oc1cc2cccc3c2c(c1NC(C)=O)C(=O)NC3=O. The molecule has 0 radical (unpaired) electrons. The minimum Gasteiger partial charge on any atom is -0.421 e. The third-order valence-electron chi connectivity index (χ3n) is 3.51.